The average Bonchev–Trinajstić information content (AvgIpc) is 2.30. The number of hydrogen-bond donors (Lipinski definition) is 0. The molecule has 2 atom stereocenters. The van der Waals surface area contributed by atoms with Gasteiger partial charge in [0.25, 0.3) is 0 Å². The molecule has 0 amide bonds. The van der Waals surface area contributed by atoms with Crippen LogP contribution in [0.1, 0.15) is 51.0 Å². The fraction of sp³-hybridized carbons (Fsp3) is 0.571. The molecule has 0 spiro atoms. The SMILES string of the molecule is CCO[C@H](C)c1[c-]c([C@@H](C)OCC)ccc1.[Li+]. The number of benzene rings is 1. The molecule has 0 unspecified atom stereocenters. The first-order chi connectivity index (χ1) is 7.69. The van der Waals surface area contributed by atoms with E-state index in [1.165, 1.54) is 0 Å². The molecule has 0 N–H and O–H groups in total. The third-order valence-corrected chi connectivity index (χ3v) is 2.55. The van der Waals surface area contributed by atoms with E-state index in [1.807, 2.05) is 45.9 Å². The van der Waals surface area contributed by atoms with Crippen LogP contribution in [0.15, 0.2) is 18.2 Å². The zero-order chi connectivity index (χ0) is 12.0. The van der Waals surface area contributed by atoms with Crippen molar-refractivity contribution in [2.75, 3.05) is 13.2 Å². The van der Waals surface area contributed by atoms with Crippen LogP contribution in [0.5, 0.6) is 0 Å². The molecule has 3 heteroatoms. The maximum atomic E-state index is 5.55. The Morgan fingerprint density at radius 1 is 1.00 bits per heavy atom. The van der Waals surface area contributed by atoms with Gasteiger partial charge in [0.1, 0.15) is 0 Å². The van der Waals surface area contributed by atoms with Crippen LogP contribution in [0, 0.1) is 6.07 Å². The summed E-state index contributed by atoms with van der Waals surface area (Å²) in [6.45, 7) is 9.54. The van der Waals surface area contributed by atoms with Crippen LogP contribution in [0.4, 0.5) is 0 Å². The molecule has 0 aliphatic carbocycles. The van der Waals surface area contributed by atoms with E-state index in [1.54, 1.807) is 0 Å². The van der Waals surface area contributed by atoms with Gasteiger partial charge in [0.2, 0.25) is 0 Å². The molecular weight excluding hydrogens is 207 g/mol. The summed E-state index contributed by atoms with van der Waals surface area (Å²) in [6, 6.07) is 9.49. The predicted octanol–water partition coefficient (Wildman–Crippen LogP) is 0.686. The van der Waals surface area contributed by atoms with Gasteiger partial charge >= 0.3 is 18.9 Å². The van der Waals surface area contributed by atoms with E-state index in [0.717, 1.165) is 24.3 Å². The Labute approximate surface area is 117 Å². The Morgan fingerprint density at radius 3 is 1.76 bits per heavy atom. The summed E-state index contributed by atoms with van der Waals surface area (Å²) < 4.78 is 11.1. The first kappa shape index (κ1) is 16.7. The van der Waals surface area contributed by atoms with Gasteiger partial charge in [-0.1, -0.05) is 0 Å². The van der Waals surface area contributed by atoms with Crippen LogP contribution in [-0.2, 0) is 9.47 Å². The van der Waals surface area contributed by atoms with E-state index < -0.39 is 0 Å². The Morgan fingerprint density at radius 2 is 1.41 bits per heavy atom. The van der Waals surface area contributed by atoms with Crippen molar-refractivity contribution in [1.29, 1.82) is 0 Å². The second-order valence-corrected chi connectivity index (χ2v) is 3.76. The molecule has 17 heavy (non-hydrogen) atoms. The summed E-state index contributed by atoms with van der Waals surface area (Å²) in [7, 11) is 0. The molecule has 1 aromatic rings. The van der Waals surface area contributed by atoms with Crippen molar-refractivity contribution in [2.24, 2.45) is 0 Å². The fourth-order valence-electron chi connectivity index (χ4n) is 1.66. The molecule has 0 saturated carbocycles. The molecule has 0 radical (unpaired) electrons. The van der Waals surface area contributed by atoms with E-state index in [2.05, 4.69) is 6.07 Å². The van der Waals surface area contributed by atoms with Crippen molar-refractivity contribution >= 4 is 0 Å². The summed E-state index contributed by atoms with van der Waals surface area (Å²) in [4.78, 5) is 0. The monoisotopic (exact) mass is 228 g/mol. The molecule has 0 heterocycles. The maximum absolute atomic E-state index is 5.55. The van der Waals surface area contributed by atoms with Gasteiger partial charge in [-0.3, -0.25) is 0 Å². The van der Waals surface area contributed by atoms with Gasteiger partial charge < -0.3 is 9.47 Å². The molecule has 1 rings (SSSR count). The molecular formula is C14H21LiO2. The first-order valence-corrected chi connectivity index (χ1v) is 5.94. The Balaban J connectivity index is 0.00000256. The molecule has 2 nitrogen and oxygen atoms in total. The van der Waals surface area contributed by atoms with Gasteiger partial charge in [-0.2, -0.15) is 24.3 Å². The summed E-state index contributed by atoms with van der Waals surface area (Å²) in [6.07, 6.45) is 0.192. The summed E-state index contributed by atoms with van der Waals surface area (Å²) in [5.41, 5.74) is 2.18. The molecule has 1 aromatic carbocycles. The summed E-state index contributed by atoms with van der Waals surface area (Å²) in [5, 5.41) is 0. The van der Waals surface area contributed by atoms with Crippen LogP contribution >= 0.6 is 0 Å². The minimum Gasteiger partial charge on any atom is -0.376 e. The van der Waals surface area contributed by atoms with Crippen molar-refractivity contribution in [3.8, 4) is 0 Å². The van der Waals surface area contributed by atoms with Crippen molar-refractivity contribution in [1.82, 2.24) is 0 Å². The van der Waals surface area contributed by atoms with Crippen molar-refractivity contribution < 1.29 is 28.3 Å². The smallest absolute Gasteiger partial charge is 0.376 e. The third kappa shape index (κ3) is 5.27. The number of rotatable bonds is 6. The van der Waals surface area contributed by atoms with Gasteiger partial charge in [0, 0.05) is 13.2 Å². The quantitative estimate of drug-likeness (QED) is 0.527. The maximum Gasteiger partial charge on any atom is 1.00 e. The van der Waals surface area contributed by atoms with E-state index in [4.69, 9.17) is 9.47 Å². The molecule has 0 fully saturated rings. The van der Waals surface area contributed by atoms with Crippen LogP contribution in [0.25, 0.3) is 0 Å². The third-order valence-electron chi connectivity index (χ3n) is 2.55. The van der Waals surface area contributed by atoms with E-state index in [9.17, 15) is 0 Å². The Bertz CT molecular complexity index is 288. The zero-order valence-electron chi connectivity index (χ0n) is 11.6. The van der Waals surface area contributed by atoms with Crippen molar-refractivity contribution in [2.45, 2.75) is 39.9 Å². The normalized spacial score (nSPS) is 13.9. The molecule has 0 bridgehead atoms. The standard InChI is InChI=1S/C14H21O2.Li/c1-5-15-11(3)13-8-7-9-14(10-13)12(4)16-6-2;/h7-9,11-12H,5-6H2,1-4H3;/q-1;+1/t11-,12-;/m1./s1. The van der Waals surface area contributed by atoms with Gasteiger partial charge in [0.05, 0.1) is 12.2 Å². The van der Waals surface area contributed by atoms with E-state index in [0.29, 0.717) is 0 Å². The number of hydrogen-bond acceptors (Lipinski definition) is 2. The van der Waals surface area contributed by atoms with Crippen molar-refractivity contribution in [3.63, 3.8) is 0 Å². The molecule has 0 aromatic heterocycles. The second-order valence-electron chi connectivity index (χ2n) is 3.76. The Kier molecular flexibility index (Phi) is 8.64. The molecule has 0 saturated heterocycles. The van der Waals surface area contributed by atoms with Gasteiger partial charge in [0.15, 0.2) is 0 Å². The molecule has 0 aliphatic heterocycles. The predicted molar refractivity (Wildman–Crippen MR) is 65.4 cm³/mol. The van der Waals surface area contributed by atoms with Crippen LogP contribution in [-0.4, -0.2) is 13.2 Å². The van der Waals surface area contributed by atoms with Crippen molar-refractivity contribution in [3.05, 3.63) is 35.4 Å². The topological polar surface area (TPSA) is 18.5 Å². The molecule has 90 valence electrons. The largest absolute Gasteiger partial charge is 1.00 e. The van der Waals surface area contributed by atoms with Gasteiger partial charge in [-0.15, -0.1) is 11.1 Å². The van der Waals surface area contributed by atoms with Gasteiger partial charge in [-0.05, 0) is 27.7 Å². The van der Waals surface area contributed by atoms with Crippen LogP contribution < -0.4 is 18.9 Å². The first-order valence-electron chi connectivity index (χ1n) is 5.94. The van der Waals surface area contributed by atoms with E-state index in [-0.39, 0.29) is 31.1 Å². The Hall–Kier alpha value is -0.263. The zero-order valence-corrected chi connectivity index (χ0v) is 11.6. The van der Waals surface area contributed by atoms with Crippen LogP contribution in [0.3, 0.4) is 0 Å². The van der Waals surface area contributed by atoms with E-state index >= 15 is 0 Å². The van der Waals surface area contributed by atoms with Gasteiger partial charge in [-0.25, -0.2) is 0 Å². The fourth-order valence-corrected chi connectivity index (χ4v) is 1.66. The average molecular weight is 228 g/mol. The molecule has 0 aliphatic rings. The minimum atomic E-state index is 0. The summed E-state index contributed by atoms with van der Waals surface area (Å²) in [5.74, 6) is 0. The number of ether oxygens (including phenoxy) is 2. The second kappa shape index (κ2) is 8.77. The summed E-state index contributed by atoms with van der Waals surface area (Å²) >= 11 is 0. The minimum absolute atomic E-state index is 0. The van der Waals surface area contributed by atoms with Crippen LogP contribution in [0.2, 0.25) is 0 Å².